The smallest absolute Gasteiger partial charge is 0.0333 e. The molecule has 0 fully saturated rings. The molecule has 0 radical (unpaired) electrons. The third kappa shape index (κ3) is 4.40. The van der Waals surface area contributed by atoms with Crippen molar-refractivity contribution in [3.05, 3.63) is 0 Å². The molecule has 3 atom stereocenters. The normalized spacial score (nSPS) is 20.1. The summed E-state index contributed by atoms with van der Waals surface area (Å²) < 4.78 is 0. The molecule has 0 amide bonds. The molecule has 0 saturated heterocycles. The summed E-state index contributed by atoms with van der Waals surface area (Å²) in [6, 6.07) is 0. The Kier molecular flexibility index (Phi) is 5.56. The van der Waals surface area contributed by atoms with Gasteiger partial charge in [0.15, 0.2) is 0 Å². The minimum absolute atomic E-state index is 0.269. The van der Waals surface area contributed by atoms with E-state index in [1.54, 1.807) is 0 Å². The van der Waals surface area contributed by atoms with Crippen molar-refractivity contribution in [2.24, 2.45) is 11.8 Å². The number of hydrogen-bond acceptors (Lipinski definition) is 0. The molecule has 0 nitrogen and oxygen atoms in total. The quantitative estimate of drug-likeness (QED) is 0.585. The van der Waals surface area contributed by atoms with Gasteiger partial charge in [-0.25, -0.2) is 0 Å². The molecule has 0 spiro atoms. The van der Waals surface area contributed by atoms with E-state index in [2.05, 4.69) is 13.8 Å². The monoisotopic (exact) mass is 182 g/mol. The highest BCUT2D eigenvalue weighted by atomic mass is 35.5. The third-order valence-electron chi connectivity index (χ3n) is 1.82. The molecule has 0 aromatic rings. The molecule has 62 valence electrons. The summed E-state index contributed by atoms with van der Waals surface area (Å²) in [7, 11) is 0. The minimum Gasteiger partial charge on any atom is -0.126 e. The zero-order chi connectivity index (χ0) is 8.15. The first-order valence-corrected chi connectivity index (χ1v) is 4.75. The average molecular weight is 183 g/mol. The van der Waals surface area contributed by atoms with Crippen molar-refractivity contribution in [3.63, 3.8) is 0 Å². The summed E-state index contributed by atoms with van der Waals surface area (Å²) in [4.78, 5) is 0. The lowest BCUT2D eigenvalue weighted by atomic mass is 9.96. The Morgan fingerprint density at radius 1 is 1.20 bits per heavy atom. The number of alkyl halides is 2. The molecule has 0 N–H and O–H groups in total. The fraction of sp³-hybridized carbons (Fsp3) is 1.00. The summed E-state index contributed by atoms with van der Waals surface area (Å²) >= 11 is 11.5. The van der Waals surface area contributed by atoms with Crippen LogP contribution in [0.3, 0.4) is 0 Å². The number of hydrogen-bond donors (Lipinski definition) is 0. The van der Waals surface area contributed by atoms with E-state index in [9.17, 15) is 0 Å². The van der Waals surface area contributed by atoms with Gasteiger partial charge in [-0.15, -0.1) is 23.2 Å². The summed E-state index contributed by atoms with van der Waals surface area (Å²) in [5, 5.41) is 0.269. The molecular weight excluding hydrogens is 167 g/mol. The van der Waals surface area contributed by atoms with Crippen LogP contribution in [-0.4, -0.2) is 11.3 Å². The Balaban J connectivity index is 3.46. The maximum atomic E-state index is 5.89. The van der Waals surface area contributed by atoms with Gasteiger partial charge in [0.1, 0.15) is 0 Å². The van der Waals surface area contributed by atoms with Crippen LogP contribution >= 0.6 is 23.2 Å². The van der Waals surface area contributed by atoms with E-state index in [1.165, 1.54) is 0 Å². The van der Waals surface area contributed by atoms with E-state index in [4.69, 9.17) is 23.2 Å². The number of rotatable bonds is 4. The zero-order valence-electron chi connectivity index (χ0n) is 6.90. The van der Waals surface area contributed by atoms with Crippen LogP contribution in [0.2, 0.25) is 0 Å². The van der Waals surface area contributed by atoms with Gasteiger partial charge >= 0.3 is 0 Å². The Labute approximate surface area is 73.9 Å². The van der Waals surface area contributed by atoms with E-state index in [-0.39, 0.29) is 5.38 Å². The Bertz CT molecular complexity index is 81.3. The molecule has 0 rings (SSSR count). The molecule has 0 heterocycles. The SMILES string of the molecule is CC(CCl)CC(C)C(C)Cl. The van der Waals surface area contributed by atoms with Crippen LogP contribution in [-0.2, 0) is 0 Å². The van der Waals surface area contributed by atoms with Crippen LogP contribution in [0.1, 0.15) is 27.2 Å². The van der Waals surface area contributed by atoms with Gasteiger partial charge in [0.2, 0.25) is 0 Å². The fourth-order valence-electron chi connectivity index (χ4n) is 0.885. The molecule has 0 aromatic carbocycles. The van der Waals surface area contributed by atoms with Crippen LogP contribution in [0.25, 0.3) is 0 Å². The van der Waals surface area contributed by atoms with Crippen LogP contribution < -0.4 is 0 Å². The molecule has 0 aromatic heterocycles. The first kappa shape index (κ1) is 10.6. The van der Waals surface area contributed by atoms with Gasteiger partial charge in [0.25, 0.3) is 0 Å². The van der Waals surface area contributed by atoms with E-state index in [0.717, 1.165) is 12.3 Å². The van der Waals surface area contributed by atoms with Crippen molar-refractivity contribution >= 4 is 23.2 Å². The first-order chi connectivity index (χ1) is 4.57. The molecule has 0 aliphatic heterocycles. The van der Waals surface area contributed by atoms with Gasteiger partial charge in [-0.2, -0.15) is 0 Å². The molecular formula is C8H16Cl2. The molecule has 2 heteroatoms. The van der Waals surface area contributed by atoms with Gasteiger partial charge in [-0.3, -0.25) is 0 Å². The molecule has 0 bridgehead atoms. The highest BCUT2D eigenvalue weighted by Gasteiger charge is 2.12. The fourth-order valence-corrected chi connectivity index (χ4v) is 1.11. The van der Waals surface area contributed by atoms with Crippen molar-refractivity contribution in [3.8, 4) is 0 Å². The van der Waals surface area contributed by atoms with Crippen LogP contribution in [0.5, 0.6) is 0 Å². The van der Waals surface area contributed by atoms with Gasteiger partial charge < -0.3 is 0 Å². The van der Waals surface area contributed by atoms with E-state index in [0.29, 0.717) is 11.8 Å². The average Bonchev–Trinajstić information content (AvgIpc) is 1.87. The van der Waals surface area contributed by atoms with Crippen LogP contribution in [0.4, 0.5) is 0 Å². The Morgan fingerprint density at radius 2 is 1.70 bits per heavy atom. The van der Waals surface area contributed by atoms with Crippen molar-refractivity contribution in [2.45, 2.75) is 32.6 Å². The standard InChI is InChI=1S/C8H16Cl2/c1-6(5-9)4-7(2)8(3)10/h6-8H,4-5H2,1-3H3. The second-order valence-corrected chi connectivity index (χ2v) is 4.15. The lowest BCUT2D eigenvalue weighted by molar-refractivity contribution is 0.436. The van der Waals surface area contributed by atoms with Crippen molar-refractivity contribution in [1.29, 1.82) is 0 Å². The van der Waals surface area contributed by atoms with Crippen molar-refractivity contribution in [1.82, 2.24) is 0 Å². The second-order valence-electron chi connectivity index (χ2n) is 3.15. The summed E-state index contributed by atoms with van der Waals surface area (Å²) in [6.45, 7) is 6.36. The Morgan fingerprint density at radius 3 is 2.00 bits per heavy atom. The maximum absolute atomic E-state index is 5.89. The van der Waals surface area contributed by atoms with Crippen molar-refractivity contribution < 1.29 is 0 Å². The summed E-state index contributed by atoms with van der Waals surface area (Å²) in [5.74, 6) is 1.92. The number of halogens is 2. The highest BCUT2D eigenvalue weighted by molar-refractivity contribution is 6.20. The van der Waals surface area contributed by atoms with E-state index < -0.39 is 0 Å². The first-order valence-electron chi connectivity index (χ1n) is 3.78. The maximum Gasteiger partial charge on any atom is 0.0333 e. The van der Waals surface area contributed by atoms with Gasteiger partial charge in [-0.1, -0.05) is 13.8 Å². The Hall–Kier alpha value is 0.580. The molecule has 0 aliphatic rings. The van der Waals surface area contributed by atoms with Crippen LogP contribution in [0.15, 0.2) is 0 Å². The molecule has 10 heavy (non-hydrogen) atoms. The van der Waals surface area contributed by atoms with Gasteiger partial charge in [0, 0.05) is 11.3 Å². The molecule has 3 unspecified atom stereocenters. The van der Waals surface area contributed by atoms with E-state index >= 15 is 0 Å². The zero-order valence-corrected chi connectivity index (χ0v) is 8.41. The molecule has 0 saturated carbocycles. The summed E-state index contributed by atoms with van der Waals surface area (Å²) in [6.07, 6.45) is 1.13. The summed E-state index contributed by atoms with van der Waals surface area (Å²) in [5.41, 5.74) is 0. The lowest BCUT2D eigenvalue weighted by Crippen LogP contribution is -2.12. The van der Waals surface area contributed by atoms with Gasteiger partial charge in [0.05, 0.1) is 0 Å². The highest BCUT2D eigenvalue weighted by Crippen LogP contribution is 2.19. The van der Waals surface area contributed by atoms with E-state index in [1.807, 2.05) is 6.92 Å². The van der Waals surface area contributed by atoms with Gasteiger partial charge in [-0.05, 0) is 25.2 Å². The van der Waals surface area contributed by atoms with Crippen LogP contribution in [0, 0.1) is 11.8 Å². The van der Waals surface area contributed by atoms with Crippen molar-refractivity contribution in [2.75, 3.05) is 5.88 Å². The predicted octanol–water partition coefficient (Wildman–Crippen LogP) is 3.51. The topological polar surface area (TPSA) is 0 Å². The predicted molar refractivity (Wildman–Crippen MR) is 49.0 cm³/mol. The largest absolute Gasteiger partial charge is 0.126 e. The molecule has 0 aliphatic carbocycles. The second kappa shape index (κ2) is 5.26. The minimum atomic E-state index is 0.269. The lowest BCUT2D eigenvalue weighted by Gasteiger charge is -2.16. The third-order valence-corrected chi connectivity index (χ3v) is 2.78.